The summed E-state index contributed by atoms with van der Waals surface area (Å²) in [5, 5.41) is 0. The molecule has 17 heavy (non-hydrogen) atoms. The molecule has 0 bridgehead atoms. The van der Waals surface area contributed by atoms with Gasteiger partial charge in [0, 0.05) is 5.54 Å². The second-order valence-electron chi connectivity index (χ2n) is 6.16. The molecule has 0 amide bonds. The quantitative estimate of drug-likeness (QED) is 0.836. The molecule has 0 radical (unpaired) electrons. The van der Waals surface area contributed by atoms with Crippen molar-refractivity contribution in [1.29, 1.82) is 0 Å². The highest BCUT2D eigenvalue weighted by molar-refractivity contribution is 5.31. The predicted molar refractivity (Wildman–Crippen MR) is 73.9 cm³/mol. The lowest BCUT2D eigenvalue weighted by molar-refractivity contribution is 0.210. The van der Waals surface area contributed by atoms with Crippen molar-refractivity contribution in [2.45, 2.75) is 58.4 Å². The third-order valence-electron chi connectivity index (χ3n) is 4.59. The van der Waals surface area contributed by atoms with E-state index in [2.05, 4.69) is 45.0 Å². The fourth-order valence-electron chi connectivity index (χ4n) is 3.16. The minimum absolute atomic E-state index is 0.127. The first-order valence-electron chi connectivity index (χ1n) is 6.88. The van der Waals surface area contributed by atoms with Crippen LogP contribution in [0.25, 0.3) is 0 Å². The minimum Gasteiger partial charge on any atom is -0.321 e. The normalized spacial score (nSPS) is 27.3. The molecule has 2 N–H and O–H groups in total. The zero-order valence-corrected chi connectivity index (χ0v) is 11.4. The molecular weight excluding hydrogens is 206 g/mol. The summed E-state index contributed by atoms with van der Waals surface area (Å²) in [5.74, 6) is 0. The maximum atomic E-state index is 6.68. The molecule has 1 unspecified atom stereocenters. The van der Waals surface area contributed by atoms with E-state index in [4.69, 9.17) is 5.73 Å². The molecule has 1 aromatic rings. The Morgan fingerprint density at radius 3 is 2.24 bits per heavy atom. The van der Waals surface area contributed by atoms with Crippen molar-refractivity contribution in [2.24, 2.45) is 11.1 Å². The lowest BCUT2D eigenvalue weighted by Gasteiger charge is -2.38. The molecule has 0 spiro atoms. The molecule has 1 aromatic carbocycles. The SMILES string of the molecule is CCCc1ccc(C2(N)CCCC2(C)C)cc1. The highest BCUT2D eigenvalue weighted by Crippen LogP contribution is 2.50. The van der Waals surface area contributed by atoms with E-state index in [9.17, 15) is 0 Å². The fraction of sp³-hybridized carbons (Fsp3) is 0.625. The van der Waals surface area contributed by atoms with Gasteiger partial charge in [0.25, 0.3) is 0 Å². The van der Waals surface area contributed by atoms with Gasteiger partial charge in [-0.25, -0.2) is 0 Å². The summed E-state index contributed by atoms with van der Waals surface area (Å²) >= 11 is 0. The van der Waals surface area contributed by atoms with Gasteiger partial charge in [0.15, 0.2) is 0 Å². The summed E-state index contributed by atoms with van der Waals surface area (Å²) in [5.41, 5.74) is 9.52. The minimum atomic E-state index is -0.127. The van der Waals surface area contributed by atoms with Crippen molar-refractivity contribution in [3.8, 4) is 0 Å². The van der Waals surface area contributed by atoms with Crippen molar-refractivity contribution in [3.63, 3.8) is 0 Å². The maximum Gasteiger partial charge on any atom is 0.0461 e. The number of hydrogen-bond acceptors (Lipinski definition) is 1. The van der Waals surface area contributed by atoms with Gasteiger partial charge in [0.2, 0.25) is 0 Å². The predicted octanol–water partition coefficient (Wildman–Crippen LogP) is 4.00. The monoisotopic (exact) mass is 231 g/mol. The van der Waals surface area contributed by atoms with Gasteiger partial charge < -0.3 is 5.73 Å². The van der Waals surface area contributed by atoms with Gasteiger partial charge in [-0.2, -0.15) is 0 Å². The summed E-state index contributed by atoms with van der Waals surface area (Å²) in [6, 6.07) is 9.00. The van der Waals surface area contributed by atoms with E-state index >= 15 is 0 Å². The first-order valence-corrected chi connectivity index (χ1v) is 6.88. The van der Waals surface area contributed by atoms with Crippen molar-refractivity contribution in [2.75, 3.05) is 0 Å². The highest BCUT2D eigenvalue weighted by Gasteiger charge is 2.46. The average molecular weight is 231 g/mol. The third-order valence-corrected chi connectivity index (χ3v) is 4.59. The maximum absolute atomic E-state index is 6.68. The van der Waals surface area contributed by atoms with Crippen LogP contribution in [0.2, 0.25) is 0 Å². The molecule has 94 valence electrons. The third kappa shape index (κ3) is 2.13. The molecule has 1 heteroatoms. The van der Waals surface area contributed by atoms with E-state index < -0.39 is 0 Å². The van der Waals surface area contributed by atoms with Gasteiger partial charge in [-0.1, -0.05) is 57.9 Å². The largest absolute Gasteiger partial charge is 0.321 e. The molecule has 0 aliphatic heterocycles. The van der Waals surface area contributed by atoms with Gasteiger partial charge in [-0.3, -0.25) is 0 Å². The number of aryl methyl sites for hydroxylation is 1. The first-order chi connectivity index (χ1) is 7.99. The van der Waals surface area contributed by atoms with Crippen LogP contribution in [0.1, 0.15) is 57.6 Å². The molecule has 0 heterocycles. The Morgan fingerprint density at radius 2 is 1.76 bits per heavy atom. The summed E-state index contributed by atoms with van der Waals surface area (Å²) in [6.07, 6.45) is 5.98. The number of rotatable bonds is 3. The van der Waals surface area contributed by atoms with Crippen LogP contribution in [0.5, 0.6) is 0 Å². The average Bonchev–Trinajstić information content (AvgIpc) is 2.56. The van der Waals surface area contributed by atoms with Crippen molar-refractivity contribution in [3.05, 3.63) is 35.4 Å². The first kappa shape index (κ1) is 12.6. The highest BCUT2D eigenvalue weighted by atomic mass is 14.8. The van der Waals surface area contributed by atoms with Crippen LogP contribution in [0.15, 0.2) is 24.3 Å². The number of hydrogen-bond donors (Lipinski definition) is 1. The van der Waals surface area contributed by atoms with Crippen LogP contribution in [-0.4, -0.2) is 0 Å². The van der Waals surface area contributed by atoms with E-state index in [-0.39, 0.29) is 11.0 Å². The Kier molecular flexibility index (Phi) is 3.31. The zero-order chi connectivity index (χ0) is 12.5. The Morgan fingerprint density at radius 1 is 1.12 bits per heavy atom. The lowest BCUT2D eigenvalue weighted by Crippen LogP contribution is -2.45. The van der Waals surface area contributed by atoms with Crippen molar-refractivity contribution >= 4 is 0 Å². The second kappa shape index (κ2) is 4.45. The zero-order valence-electron chi connectivity index (χ0n) is 11.4. The topological polar surface area (TPSA) is 26.0 Å². The summed E-state index contributed by atoms with van der Waals surface area (Å²) in [6.45, 7) is 6.83. The molecule has 1 nitrogen and oxygen atoms in total. The van der Waals surface area contributed by atoms with Gasteiger partial charge in [0.1, 0.15) is 0 Å². The summed E-state index contributed by atoms with van der Waals surface area (Å²) < 4.78 is 0. The molecule has 1 aliphatic carbocycles. The Hall–Kier alpha value is -0.820. The number of benzene rings is 1. The van der Waals surface area contributed by atoms with E-state index in [0.717, 1.165) is 6.42 Å². The van der Waals surface area contributed by atoms with Crippen LogP contribution >= 0.6 is 0 Å². The fourth-order valence-corrected chi connectivity index (χ4v) is 3.16. The van der Waals surface area contributed by atoms with Crippen LogP contribution in [0.3, 0.4) is 0 Å². The van der Waals surface area contributed by atoms with Crippen molar-refractivity contribution < 1.29 is 0 Å². The van der Waals surface area contributed by atoms with Gasteiger partial charge >= 0.3 is 0 Å². The van der Waals surface area contributed by atoms with E-state index in [1.807, 2.05) is 0 Å². The van der Waals surface area contributed by atoms with E-state index in [1.54, 1.807) is 0 Å². The van der Waals surface area contributed by atoms with Crippen LogP contribution < -0.4 is 5.73 Å². The Labute approximate surface area is 105 Å². The standard InChI is InChI=1S/C16H25N/c1-4-6-13-7-9-14(10-8-13)16(17)12-5-11-15(16,2)3/h7-10H,4-6,11-12,17H2,1-3H3. The van der Waals surface area contributed by atoms with Crippen LogP contribution in [0.4, 0.5) is 0 Å². The molecule has 0 saturated heterocycles. The van der Waals surface area contributed by atoms with Gasteiger partial charge in [-0.05, 0) is 35.8 Å². The number of nitrogens with two attached hydrogens (primary N) is 1. The summed E-state index contributed by atoms with van der Waals surface area (Å²) in [7, 11) is 0. The molecular formula is C16H25N. The Balaban J connectivity index is 2.28. The van der Waals surface area contributed by atoms with Crippen LogP contribution in [-0.2, 0) is 12.0 Å². The Bertz CT molecular complexity index is 377. The van der Waals surface area contributed by atoms with Gasteiger partial charge in [0.05, 0.1) is 0 Å². The van der Waals surface area contributed by atoms with Crippen molar-refractivity contribution in [1.82, 2.24) is 0 Å². The smallest absolute Gasteiger partial charge is 0.0461 e. The molecule has 1 atom stereocenters. The van der Waals surface area contributed by atoms with E-state index in [1.165, 1.54) is 36.8 Å². The van der Waals surface area contributed by atoms with Crippen LogP contribution in [0, 0.1) is 5.41 Å². The second-order valence-corrected chi connectivity index (χ2v) is 6.16. The molecule has 1 aliphatic rings. The molecule has 2 rings (SSSR count). The lowest BCUT2D eigenvalue weighted by atomic mass is 9.71. The molecule has 0 aromatic heterocycles. The van der Waals surface area contributed by atoms with E-state index in [0.29, 0.717) is 0 Å². The van der Waals surface area contributed by atoms with Gasteiger partial charge in [-0.15, -0.1) is 0 Å². The molecule has 1 saturated carbocycles. The summed E-state index contributed by atoms with van der Waals surface area (Å²) in [4.78, 5) is 0. The molecule has 1 fully saturated rings.